The van der Waals surface area contributed by atoms with Crippen molar-refractivity contribution in [1.29, 1.82) is 0 Å². The van der Waals surface area contributed by atoms with E-state index in [0.717, 1.165) is 10.4 Å². The molecule has 8 nitrogen and oxygen atoms in total. The van der Waals surface area contributed by atoms with E-state index in [0.29, 0.717) is 17.8 Å². The molecule has 0 saturated heterocycles. The number of hydrogen-bond donors (Lipinski definition) is 2. The molecule has 3 aromatic rings. The van der Waals surface area contributed by atoms with Gasteiger partial charge in [0.15, 0.2) is 5.69 Å². The Morgan fingerprint density at radius 1 is 1.23 bits per heavy atom. The van der Waals surface area contributed by atoms with Crippen LogP contribution in [0.3, 0.4) is 0 Å². The number of nitrogens with zero attached hydrogens (tertiary/aromatic N) is 2. The van der Waals surface area contributed by atoms with Crippen molar-refractivity contribution in [1.82, 2.24) is 9.55 Å². The lowest BCUT2D eigenvalue weighted by Crippen LogP contribution is -2.42. The molecular formula is C21H23FN4O4S. The molecule has 0 fully saturated rings. The van der Waals surface area contributed by atoms with Gasteiger partial charge in [-0.25, -0.2) is 9.18 Å². The molecule has 1 aromatic carbocycles. The minimum Gasteiger partial charge on any atom is -0.383 e. The van der Waals surface area contributed by atoms with Gasteiger partial charge in [-0.1, -0.05) is 19.1 Å². The summed E-state index contributed by atoms with van der Waals surface area (Å²) in [5, 5.41) is 0. The van der Waals surface area contributed by atoms with Crippen molar-refractivity contribution in [2.24, 2.45) is 0 Å². The van der Waals surface area contributed by atoms with Crippen molar-refractivity contribution >= 4 is 28.7 Å². The molecule has 0 spiro atoms. The number of hydrogen-bond acceptors (Lipinski definition) is 6. The maximum absolute atomic E-state index is 13.3. The highest BCUT2D eigenvalue weighted by atomic mass is 32.1. The lowest BCUT2D eigenvalue weighted by molar-refractivity contribution is 0.0979. The zero-order valence-electron chi connectivity index (χ0n) is 17.2. The molecule has 31 heavy (non-hydrogen) atoms. The van der Waals surface area contributed by atoms with Gasteiger partial charge < -0.3 is 10.5 Å². The van der Waals surface area contributed by atoms with Crippen molar-refractivity contribution in [2.45, 2.75) is 19.9 Å². The second-order valence-electron chi connectivity index (χ2n) is 6.77. The summed E-state index contributed by atoms with van der Waals surface area (Å²) in [6, 6.07) is 9.34. The number of aromatic amines is 1. The summed E-state index contributed by atoms with van der Waals surface area (Å²) in [7, 11) is 1.48. The lowest BCUT2D eigenvalue weighted by Gasteiger charge is -2.23. The molecule has 1 amide bonds. The third kappa shape index (κ3) is 4.75. The van der Waals surface area contributed by atoms with Crippen molar-refractivity contribution < 1.29 is 13.9 Å². The number of H-pyrrole nitrogens is 1. The molecule has 0 aliphatic heterocycles. The Kier molecular flexibility index (Phi) is 7.03. The third-order valence-electron chi connectivity index (χ3n) is 4.64. The number of amides is 1. The van der Waals surface area contributed by atoms with E-state index in [1.54, 1.807) is 24.3 Å². The number of ether oxygens (including phenoxy) is 1. The van der Waals surface area contributed by atoms with Gasteiger partial charge in [0.05, 0.1) is 11.5 Å². The van der Waals surface area contributed by atoms with Crippen LogP contribution in [0.4, 0.5) is 15.9 Å². The smallest absolute Gasteiger partial charge is 0.330 e. The van der Waals surface area contributed by atoms with Crippen LogP contribution in [0.2, 0.25) is 0 Å². The summed E-state index contributed by atoms with van der Waals surface area (Å²) >= 11 is 1.21. The van der Waals surface area contributed by atoms with Crippen LogP contribution in [-0.2, 0) is 11.3 Å². The fourth-order valence-electron chi connectivity index (χ4n) is 3.14. The second-order valence-corrected chi connectivity index (χ2v) is 7.85. The molecular weight excluding hydrogens is 423 g/mol. The predicted octanol–water partition coefficient (Wildman–Crippen LogP) is 2.69. The molecule has 10 heteroatoms. The van der Waals surface area contributed by atoms with Crippen LogP contribution < -0.4 is 21.9 Å². The van der Waals surface area contributed by atoms with Crippen LogP contribution in [-0.4, -0.2) is 35.7 Å². The van der Waals surface area contributed by atoms with Crippen LogP contribution in [0.15, 0.2) is 46.0 Å². The number of nitrogens with one attached hydrogen (secondary N) is 1. The van der Waals surface area contributed by atoms with Gasteiger partial charge in [0, 0.05) is 25.1 Å². The number of carbonyl (C=O) groups is 1. The SMILES string of the molecule is CCCn1c(N)c(N(CCOC)C(=O)c2ccc(-c3ccc(F)cc3)s2)c(=O)[nH]c1=O. The van der Waals surface area contributed by atoms with E-state index in [2.05, 4.69) is 4.98 Å². The minimum atomic E-state index is -0.741. The van der Waals surface area contributed by atoms with E-state index >= 15 is 0 Å². The molecule has 0 saturated carbocycles. The summed E-state index contributed by atoms with van der Waals surface area (Å²) in [6.07, 6.45) is 0.619. The maximum atomic E-state index is 13.3. The Bertz CT molecular complexity index is 1180. The van der Waals surface area contributed by atoms with Gasteiger partial charge in [0.2, 0.25) is 0 Å². The molecule has 0 aliphatic rings. The molecule has 3 rings (SSSR count). The fourth-order valence-corrected chi connectivity index (χ4v) is 4.10. The Hall–Kier alpha value is -3.24. The zero-order valence-corrected chi connectivity index (χ0v) is 18.0. The predicted molar refractivity (Wildman–Crippen MR) is 119 cm³/mol. The number of carbonyl (C=O) groups excluding carboxylic acids is 1. The standard InChI is InChI=1S/C21H23FN4O4S/c1-3-10-26-18(23)17(19(27)24-21(26)29)25(11-12-30-2)20(28)16-9-8-15(31-16)13-4-6-14(22)7-5-13/h4-9H,3,10-12,23H2,1-2H3,(H,24,27,29). The van der Waals surface area contributed by atoms with E-state index in [1.807, 2.05) is 6.92 Å². The van der Waals surface area contributed by atoms with Crippen LogP contribution in [0, 0.1) is 5.82 Å². The Balaban J connectivity index is 2.03. The maximum Gasteiger partial charge on any atom is 0.330 e. The molecule has 2 aromatic heterocycles. The topological polar surface area (TPSA) is 110 Å². The second kappa shape index (κ2) is 9.71. The number of aromatic nitrogens is 2. The van der Waals surface area contributed by atoms with Gasteiger partial charge in [0.1, 0.15) is 11.6 Å². The lowest BCUT2D eigenvalue weighted by atomic mass is 10.2. The van der Waals surface area contributed by atoms with Gasteiger partial charge in [-0.05, 0) is 36.2 Å². The van der Waals surface area contributed by atoms with E-state index in [-0.39, 0.29) is 30.5 Å². The van der Waals surface area contributed by atoms with E-state index < -0.39 is 17.2 Å². The molecule has 0 radical (unpaired) electrons. The summed E-state index contributed by atoms with van der Waals surface area (Å²) in [6.45, 7) is 2.39. The first-order chi connectivity index (χ1) is 14.9. The Morgan fingerprint density at radius 3 is 2.58 bits per heavy atom. The van der Waals surface area contributed by atoms with E-state index in [9.17, 15) is 18.8 Å². The fraction of sp³-hybridized carbons (Fsp3) is 0.286. The first-order valence-electron chi connectivity index (χ1n) is 9.66. The number of rotatable bonds is 8. The summed E-state index contributed by atoms with van der Waals surface area (Å²) < 4.78 is 19.5. The number of nitrogen functional groups attached to an aromatic ring is 1. The highest BCUT2D eigenvalue weighted by Gasteiger charge is 2.26. The van der Waals surface area contributed by atoms with E-state index in [4.69, 9.17) is 10.5 Å². The van der Waals surface area contributed by atoms with Crippen LogP contribution in [0.25, 0.3) is 10.4 Å². The van der Waals surface area contributed by atoms with Gasteiger partial charge in [-0.2, -0.15) is 0 Å². The quantitative estimate of drug-likeness (QED) is 0.553. The Morgan fingerprint density at radius 2 is 1.94 bits per heavy atom. The Labute approximate surface area is 181 Å². The van der Waals surface area contributed by atoms with Gasteiger partial charge in [-0.3, -0.25) is 24.0 Å². The number of halogens is 1. The molecule has 3 N–H and O–H groups in total. The summed E-state index contributed by atoms with van der Waals surface area (Å²) in [4.78, 5) is 42.7. The normalized spacial score (nSPS) is 10.9. The van der Waals surface area contributed by atoms with Gasteiger partial charge in [-0.15, -0.1) is 11.3 Å². The number of methoxy groups -OCH3 is 1. The molecule has 164 valence electrons. The first-order valence-corrected chi connectivity index (χ1v) is 10.5. The molecule has 0 unspecified atom stereocenters. The monoisotopic (exact) mass is 446 g/mol. The molecule has 0 bridgehead atoms. The largest absolute Gasteiger partial charge is 0.383 e. The summed E-state index contributed by atoms with van der Waals surface area (Å²) in [5.41, 5.74) is 5.46. The number of anilines is 2. The van der Waals surface area contributed by atoms with Gasteiger partial charge in [0.25, 0.3) is 11.5 Å². The summed E-state index contributed by atoms with van der Waals surface area (Å²) in [5.74, 6) is -0.871. The van der Waals surface area contributed by atoms with Crippen LogP contribution in [0.5, 0.6) is 0 Å². The third-order valence-corrected chi connectivity index (χ3v) is 5.76. The zero-order chi connectivity index (χ0) is 22.5. The first kappa shape index (κ1) is 22.4. The molecule has 2 heterocycles. The average molecular weight is 447 g/mol. The molecule has 0 aliphatic carbocycles. The highest BCUT2D eigenvalue weighted by Crippen LogP contribution is 2.30. The number of benzene rings is 1. The van der Waals surface area contributed by atoms with Gasteiger partial charge >= 0.3 is 5.69 Å². The number of nitrogens with two attached hydrogens (primary N) is 1. The molecule has 0 atom stereocenters. The van der Waals surface area contributed by atoms with Crippen molar-refractivity contribution in [3.63, 3.8) is 0 Å². The van der Waals surface area contributed by atoms with Crippen molar-refractivity contribution in [2.75, 3.05) is 30.9 Å². The number of thiophene rings is 1. The van der Waals surface area contributed by atoms with Crippen molar-refractivity contribution in [3.8, 4) is 10.4 Å². The van der Waals surface area contributed by atoms with Crippen LogP contribution in [0.1, 0.15) is 23.0 Å². The average Bonchev–Trinajstić information content (AvgIpc) is 3.23. The van der Waals surface area contributed by atoms with Crippen LogP contribution >= 0.6 is 11.3 Å². The minimum absolute atomic E-state index is 0.0662. The van der Waals surface area contributed by atoms with Crippen molar-refractivity contribution in [3.05, 3.63) is 67.9 Å². The van der Waals surface area contributed by atoms with E-state index in [1.165, 1.54) is 40.0 Å². The highest BCUT2D eigenvalue weighted by molar-refractivity contribution is 7.17.